The van der Waals surface area contributed by atoms with E-state index in [1.165, 1.54) is 4.90 Å². The minimum atomic E-state index is -0.906. The molecular formula is C26H33N5O4. The zero-order valence-electron chi connectivity index (χ0n) is 20.3. The molecule has 1 N–H and O–H groups in total. The summed E-state index contributed by atoms with van der Waals surface area (Å²) in [6.07, 6.45) is 8.76. The molecule has 2 aromatic heterocycles. The molecule has 0 spiro atoms. The lowest BCUT2D eigenvalue weighted by atomic mass is 9.74. The van der Waals surface area contributed by atoms with Crippen molar-refractivity contribution in [3.05, 3.63) is 47.1 Å². The van der Waals surface area contributed by atoms with Crippen molar-refractivity contribution in [1.82, 2.24) is 25.3 Å². The lowest BCUT2D eigenvalue weighted by Crippen LogP contribution is -2.56. The van der Waals surface area contributed by atoms with Crippen LogP contribution in [-0.2, 0) is 24.1 Å². The molecule has 3 aliphatic rings. The highest BCUT2D eigenvalue weighted by molar-refractivity contribution is 6.07. The second kappa shape index (κ2) is 9.79. The van der Waals surface area contributed by atoms with Crippen LogP contribution >= 0.6 is 0 Å². The molecule has 2 aromatic rings. The maximum atomic E-state index is 13.6. The molecule has 186 valence electrons. The quantitative estimate of drug-likeness (QED) is 0.611. The van der Waals surface area contributed by atoms with E-state index >= 15 is 0 Å². The van der Waals surface area contributed by atoms with Gasteiger partial charge in [-0.1, -0.05) is 24.6 Å². The van der Waals surface area contributed by atoms with Crippen LogP contribution in [0.25, 0.3) is 0 Å². The number of aromatic nitrogens is 2. The van der Waals surface area contributed by atoms with Crippen LogP contribution in [0.5, 0.6) is 0 Å². The highest BCUT2D eigenvalue weighted by atomic mass is 16.5. The lowest BCUT2D eigenvalue weighted by Gasteiger charge is -2.40. The van der Waals surface area contributed by atoms with E-state index in [9.17, 15) is 14.4 Å². The summed E-state index contributed by atoms with van der Waals surface area (Å²) in [5.41, 5.74) is 1.83. The second-order valence-corrected chi connectivity index (χ2v) is 9.89. The number of imide groups is 1. The monoisotopic (exact) mass is 479 g/mol. The number of amides is 4. The minimum absolute atomic E-state index is 0.0218. The maximum absolute atomic E-state index is 13.6. The summed E-state index contributed by atoms with van der Waals surface area (Å²) in [5, 5.41) is 7.20. The fourth-order valence-corrected chi connectivity index (χ4v) is 5.94. The van der Waals surface area contributed by atoms with Crippen molar-refractivity contribution in [2.75, 3.05) is 19.6 Å². The molecule has 1 aliphatic carbocycles. The van der Waals surface area contributed by atoms with Gasteiger partial charge in [-0.05, 0) is 63.0 Å². The van der Waals surface area contributed by atoms with E-state index in [2.05, 4.69) is 15.5 Å². The first-order valence-corrected chi connectivity index (χ1v) is 12.8. The summed E-state index contributed by atoms with van der Waals surface area (Å²) in [6, 6.07) is 5.32. The van der Waals surface area contributed by atoms with Crippen molar-refractivity contribution in [2.24, 2.45) is 5.92 Å². The van der Waals surface area contributed by atoms with Crippen LogP contribution in [0.1, 0.15) is 73.0 Å². The predicted octanol–water partition coefficient (Wildman–Crippen LogP) is 3.13. The molecule has 9 nitrogen and oxygen atoms in total. The van der Waals surface area contributed by atoms with Gasteiger partial charge in [0, 0.05) is 43.5 Å². The summed E-state index contributed by atoms with van der Waals surface area (Å²) < 4.78 is 5.46. The average molecular weight is 480 g/mol. The maximum Gasteiger partial charge on any atom is 0.325 e. The number of carbonyl (C=O) groups is 3. The fraction of sp³-hybridized carbons (Fsp3) is 0.577. The van der Waals surface area contributed by atoms with Gasteiger partial charge in [-0.15, -0.1) is 0 Å². The third-order valence-electron chi connectivity index (χ3n) is 7.80. The van der Waals surface area contributed by atoms with E-state index in [0.717, 1.165) is 49.1 Å². The highest BCUT2D eigenvalue weighted by Gasteiger charge is 2.55. The normalized spacial score (nSPS) is 22.9. The Balaban J connectivity index is 1.26. The second-order valence-electron chi connectivity index (χ2n) is 9.89. The van der Waals surface area contributed by atoms with Crippen LogP contribution in [0.3, 0.4) is 0 Å². The Kier molecular flexibility index (Phi) is 6.58. The number of nitrogens with one attached hydrogen (secondary N) is 1. The number of carbonyl (C=O) groups excluding carboxylic acids is 3. The Morgan fingerprint density at radius 3 is 2.74 bits per heavy atom. The molecule has 0 aromatic carbocycles. The largest absolute Gasteiger partial charge is 0.350 e. The molecule has 0 unspecified atom stereocenters. The van der Waals surface area contributed by atoms with Crippen LogP contribution in [0.4, 0.5) is 4.79 Å². The van der Waals surface area contributed by atoms with Gasteiger partial charge in [0.05, 0.1) is 5.69 Å². The smallest absolute Gasteiger partial charge is 0.325 e. The Hall–Kier alpha value is -3.23. The standard InChI is InChI=1S/C26H33N5O4/c1-2-13-26(24(33)31(25(34)28-26)17-12-19-7-5-6-14-27-19)18-10-15-30(16-11-18)23(32)22-20-8-3-4-9-21(20)29-35-22/h5-7,14,18H,2-4,8-13,15-17H2,1H3,(H,28,34)/t26-/m0/s1. The number of likely N-dealkylation sites (tertiary alicyclic amines) is 1. The van der Waals surface area contributed by atoms with Crippen LogP contribution in [0.2, 0.25) is 0 Å². The molecule has 5 rings (SSSR count). The van der Waals surface area contributed by atoms with Gasteiger partial charge in [0.1, 0.15) is 5.54 Å². The minimum Gasteiger partial charge on any atom is -0.350 e. The first kappa shape index (κ1) is 23.5. The number of hydrogen-bond donors (Lipinski definition) is 1. The predicted molar refractivity (Wildman–Crippen MR) is 128 cm³/mol. The van der Waals surface area contributed by atoms with E-state index in [4.69, 9.17) is 4.52 Å². The number of fused-ring (bicyclic) bond motifs is 1. The van der Waals surface area contributed by atoms with Gasteiger partial charge in [0.15, 0.2) is 0 Å². The van der Waals surface area contributed by atoms with Crippen LogP contribution in [-0.4, -0.2) is 63.0 Å². The Morgan fingerprint density at radius 2 is 2.00 bits per heavy atom. The highest BCUT2D eigenvalue weighted by Crippen LogP contribution is 2.37. The summed E-state index contributed by atoms with van der Waals surface area (Å²) >= 11 is 0. The molecule has 1 atom stereocenters. The first-order valence-electron chi connectivity index (χ1n) is 12.8. The van der Waals surface area contributed by atoms with Crippen LogP contribution in [0.15, 0.2) is 28.9 Å². The van der Waals surface area contributed by atoms with Gasteiger partial charge < -0.3 is 14.7 Å². The number of aryl methyl sites for hydroxylation is 1. The molecule has 35 heavy (non-hydrogen) atoms. The fourth-order valence-electron chi connectivity index (χ4n) is 5.94. The van der Waals surface area contributed by atoms with Crippen molar-refractivity contribution in [3.63, 3.8) is 0 Å². The van der Waals surface area contributed by atoms with Crippen molar-refractivity contribution < 1.29 is 18.9 Å². The molecule has 0 radical (unpaired) electrons. The van der Waals surface area contributed by atoms with Crippen molar-refractivity contribution in [2.45, 2.75) is 70.3 Å². The van der Waals surface area contributed by atoms with Gasteiger partial charge in [-0.2, -0.15) is 0 Å². The molecule has 4 amide bonds. The van der Waals surface area contributed by atoms with Gasteiger partial charge in [0.25, 0.3) is 11.8 Å². The summed E-state index contributed by atoms with van der Waals surface area (Å²) in [5.74, 6) is 0.107. The molecular weight excluding hydrogens is 446 g/mol. The van der Waals surface area contributed by atoms with Crippen molar-refractivity contribution in [3.8, 4) is 0 Å². The van der Waals surface area contributed by atoms with E-state index in [1.807, 2.05) is 30.0 Å². The van der Waals surface area contributed by atoms with Crippen molar-refractivity contribution >= 4 is 17.8 Å². The Morgan fingerprint density at radius 1 is 1.20 bits per heavy atom. The van der Waals surface area contributed by atoms with E-state index in [-0.39, 0.29) is 23.8 Å². The molecule has 2 fully saturated rings. The van der Waals surface area contributed by atoms with Gasteiger partial charge in [0.2, 0.25) is 5.76 Å². The number of hydrogen-bond acceptors (Lipinski definition) is 6. The Labute approximate surface area is 205 Å². The van der Waals surface area contributed by atoms with E-state index in [0.29, 0.717) is 51.1 Å². The number of pyridine rings is 1. The van der Waals surface area contributed by atoms with Gasteiger partial charge >= 0.3 is 6.03 Å². The third-order valence-corrected chi connectivity index (χ3v) is 7.80. The lowest BCUT2D eigenvalue weighted by molar-refractivity contribution is -0.134. The van der Waals surface area contributed by atoms with Crippen LogP contribution in [0, 0.1) is 5.92 Å². The zero-order chi connectivity index (χ0) is 24.4. The summed E-state index contributed by atoms with van der Waals surface area (Å²) in [7, 11) is 0. The van der Waals surface area contributed by atoms with Gasteiger partial charge in [-0.3, -0.25) is 19.5 Å². The topological polar surface area (TPSA) is 109 Å². The first-order chi connectivity index (χ1) is 17.0. The number of nitrogens with zero attached hydrogens (tertiary/aromatic N) is 4. The molecule has 2 aliphatic heterocycles. The Bertz CT molecular complexity index is 1090. The molecule has 9 heteroatoms. The number of urea groups is 1. The van der Waals surface area contributed by atoms with Crippen molar-refractivity contribution in [1.29, 1.82) is 0 Å². The number of rotatable bonds is 7. The SMILES string of the molecule is CCC[C@@]1(C2CCN(C(=O)c3onc4c3CCCC4)CC2)NC(=O)N(CCc2ccccn2)C1=O. The van der Waals surface area contributed by atoms with E-state index < -0.39 is 5.54 Å². The molecule has 0 bridgehead atoms. The van der Waals surface area contributed by atoms with Gasteiger partial charge in [-0.25, -0.2) is 4.79 Å². The third kappa shape index (κ3) is 4.32. The number of piperidine rings is 1. The molecule has 4 heterocycles. The van der Waals surface area contributed by atoms with E-state index in [1.54, 1.807) is 6.20 Å². The molecule has 2 saturated heterocycles. The van der Waals surface area contributed by atoms with Crippen LogP contribution < -0.4 is 5.32 Å². The zero-order valence-corrected chi connectivity index (χ0v) is 20.3. The molecule has 0 saturated carbocycles. The average Bonchev–Trinajstić information content (AvgIpc) is 3.42. The summed E-state index contributed by atoms with van der Waals surface area (Å²) in [4.78, 5) is 47.2. The summed E-state index contributed by atoms with van der Waals surface area (Å²) in [6.45, 7) is 3.40.